The van der Waals surface area contributed by atoms with E-state index in [1.54, 1.807) is 53.1 Å². The molecule has 0 saturated heterocycles. The van der Waals surface area contributed by atoms with E-state index in [1.807, 2.05) is 13.8 Å². The Labute approximate surface area is 201 Å². The number of carbonyl (C=O) groups excluding carboxylic acids is 1. The van der Waals surface area contributed by atoms with Crippen LogP contribution in [0.1, 0.15) is 26.1 Å². The van der Waals surface area contributed by atoms with Gasteiger partial charge in [0.05, 0.1) is 20.2 Å². The van der Waals surface area contributed by atoms with Crippen LogP contribution in [0.4, 0.5) is 5.69 Å². The summed E-state index contributed by atoms with van der Waals surface area (Å²) in [6.07, 6.45) is 0.534. The molecule has 1 amide bonds. The number of amides is 1. The molecule has 0 spiro atoms. The zero-order valence-electron chi connectivity index (χ0n) is 17.5. The molecule has 0 aliphatic heterocycles. The fraction of sp³-hybridized carbons (Fsp3) is 0.286. The summed E-state index contributed by atoms with van der Waals surface area (Å²) in [7, 11) is -3.57. The molecule has 32 heavy (non-hydrogen) atoms. The summed E-state index contributed by atoms with van der Waals surface area (Å²) in [5, 5.41) is 11.9. The molecule has 1 unspecified atom stereocenters. The minimum atomic E-state index is -3.57. The fourth-order valence-corrected chi connectivity index (χ4v) is 5.58. The van der Waals surface area contributed by atoms with Crippen molar-refractivity contribution in [3.63, 3.8) is 0 Å². The van der Waals surface area contributed by atoms with E-state index in [4.69, 9.17) is 23.2 Å². The molecule has 1 heterocycles. The van der Waals surface area contributed by atoms with Crippen LogP contribution in [-0.2, 0) is 26.9 Å². The third-order valence-electron chi connectivity index (χ3n) is 4.63. The first-order valence-electron chi connectivity index (χ1n) is 9.87. The van der Waals surface area contributed by atoms with Crippen molar-refractivity contribution in [2.75, 3.05) is 5.32 Å². The van der Waals surface area contributed by atoms with Crippen LogP contribution >= 0.6 is 35.0 Å². The summed E-state index contributed by atoms with van der Waals surface area (Å²) < 4.78 is 27.2. The first-order valence-corrected chi connectivity index (χ1v) is 13.2. The van der Waals surface area contributed by atoms with E-state index in [0.717, 1.165) is 0 Å². The van der Waals surface area contributed by atoms with Gasteiger partial charge in [0.25, 0.3) is 0 Å². The van der Waals surface area contributed by atoms with Gasteiger partial charge in [-0.2, -0.15) is 0 Å². The van der Waals surface area contributed by atoms with Crippen LogP contribution in [-0.4, -0.2) is 34.3 Å². The molecule has 0 saturated carbocycles. The normalized spacial score (nSPS) is 12.5. The zero-order chi connectivity index (χ0) is 23.3. The van der Waals surface area contributed by atoms with Crippen LogP contribution in [0.5, 0.6) is 0 Å². The van der Waals surface area contributed by atoms with Crippen molar-refractivity contribution in [2.24, 2.45) is 0 Å². The van der Waals surface area contributed by atoms with E-state index in [2.05, 4.69) is 15.5 Å². The minimum Gasteiger partial charge on any atom is -0.325 e. The number of thioether (sulfide) groups is 1. The van der Waals surface area contributed by atoms with Gasteiger partial charge in [-0.25, -0.2) is 8.42 Å². The summed E-state index contributed by atoms with van der Waals surface area (Å²) in [4.78, 5) is 13.0. The fourth-order valence-electron chi connectivity index (χ4n) is 2.96. The number of aromatic nitrogens is 3. The summed E-state index contributed by atoms with van der Waals surface area (Å²) in [6, 6.07) is 13.1. The average Bonchev–Trinajstić information content (AvgIpc) is 3.15. The number of hydrogen-bond acceptors (Lipinski definition) is 6. The highest BCUT2D eigenvalue weighted by atomic mass is 35.5. The molecule has 3 aromatic rings. The van der Waals surface area contributed by atoms with E-state index < -0.39 is 15.1 Å². The molecular weight excluding hydrogens is 491 g/mol. The quantitative estimate of drug-likeness (QED) is 0.401. The van der Waals surface area contributed by atoms with Gasteiger partial charge in [0.15, 0.2) is 15.0 Å². The van der Waals surface area contributed by atoms with E-state index in [1.165, 1.54) is 11.8 Å². The van der Waals surface area contributed by atoms with E-state index >= 15 is 0 Å². The number of rotatable bonds is 9. The SMILES string of the molecule is CCC(Sc1nnc(CS(=O)(=O)c2ccccc2)n1CC)C(=O)Nc1ccc(Cl)c(Cl)c1. The predicted octanol–water partition coefficient (Wildman–Crippen LogP) is 5.09. The zero-order valence-corrected chi connectivity index (χ0v) is 20.6. The molecule has 3 rings (SSSR count). The molecule has 1 atom stereocenters. The second-order valence-electron chi connectivity index (χ2n) is 6.85. The Morgan fingerprint density at radius 1 is 1.09 bits per heavy atom. The molecule has 0 bridgehead atoms. The molecule has 1 aromatic heterocycles. The van der Waals surface area contributed by atoms with Crippen molar-refractivity contribution in [2.45, 2.75) is 47.9 Å². The van der Waals surface area contributed by atoms with Gasteiger partial charge in [-0.15, -0.1) is 10.2 Å². The van der Waals surface area contributed by atoms with Crippen LogP contribution in [0.15, 0.2) is 58.6 Å². The maximum Gasteiger partial charge on any atom is 0.237 e. The number of hydrogen-bond donors (Lipinski definition) is 1. The number of sulfone groups is 1. The Balaban J connectivity index is 1.76. The van der Waals surface area contributed by atoms with Gasteiger partial charge in [-0.3, -0.25) is 4.79 Å². The Morgan fingerprint density at radius 3 is 2.44 bits per heavy atom. The van der Waals surface area contributed by atoms with Crippen LogP contribution in [0.2, 0.25) is 10.0 Å². The second-order valence-corrected chi connectivity index (χ2v) is 10.8. The van der Waals surface area contributed by atoms with Crippen molar-refractivity contribution >= 4 is 56.4 Å². The third-order valence-corrected chi connectivity index (χ3v) is 8.34. The summed E-state index contributed by atoms with van der Waals surface area (Å²) in [5.41, 5.74) is 0.537. The summed E-state index contributed by atoms with van der Waals surface area (Å²) in [5.74, 6) is -0.163. The van der Waals surface area contributed by atoms with Gasteiger partial charge in [0.2, 0.25) is 5.91 Å². The lowest BCUT2D eigenvalue weighted by Gasteiger charge is -2.15. The molecule has 0 aliphatic rings. The molecule has 2 aromatic carbocycles. The van der Waals surface area contributed by atoms with E-state index in [0.29, 0.717) is 39.7 Å². The molecule has 170 valence electrons. The smallest absolute Gasteiger partial charge is 0.237 e. The molecule has 1 N–H and O–H groups in total. The molecule has 11 heteroatoms. The summed E-state index contributed by atoms with van der Waals surface area (Å²) >= 11 is 13.2. The van der Waals surface area contributed by atoms with Crippen molar-refractivity contribution in [1.29, 1.82) is 0 Å². The standard InChI is InChI=1S/C21H22Cl2N4O3S2/c1-3-18(20(28)24-14-10-11-16(22)17(23)12-14)31-21-26-25-19(27(21)4-2)13-32(29,30)15-8-6-5-7-9-15/h5-12,18H,3-4,13H2,1-2H3,(H,24,28). The third kappa shape index (κ3) is 5.83. The largest absolute Gasteiger partial charge is 0.325 e. The first-order chi connectivity index (χ1) is 15.2. The average molecular weight is 513 g/mol. The Morgan fingerprint density at radius 2 is 1.81 bits per heavy atom. The van der Waals surface area contributed by atoms with Crippen LogP contribution in [0, 0.1) is 0 Å². The molecule has 0 fully saturated rings. The highest BCUT2D eigenvalue weighted by Gasteiger charge is 2.25. The lowest BCUT2D eigenvalue weighted by molar-refractivity contribution is -0.115. The maximum absolute atomic E-state index is 12.8. The van der Waals surface area contributed by atoms with Gasteiger partial charge in [-0.05, 0) is 43.7 Å². The van der Waals surface area contributed by atoms with Gasteiger partial charge in [0, 0.05) is 12.2 Å². The number of nitrogens with one attached hydrogen (secondary N) is 1. The lowest BCUT2D eigenvalue weighted by atomic mass is 10.2. The Hall–Kier alpha value is -2.07. The van der Waals surface area contributed by atoms with Crippen LogP contribution < -0.4 is 5.32 Å². The minimum absolute atomic E-state index is 0.222. The maximum atomic E-state index is 12.8. The van der Waals surface area contributed by atoms with E-state index in [-0.39, 0.29) is 16.6 Å². The Bertz CT molecular complexity index is 1200. The monoisotopic (exact) mass is 512 g/mol. The van der Waals surface area contributed by atoms with Crippen LogP contribution in [0.3, 0.4) is 0 Å². The van der Waals surface area contributed by atoms with Gasteiger partial charge >= 0.3 is 0 Å². The molecular formula is C21H22Cl2N4O3S2. The number of benzene rings is 2. The lowest BCUT2D eigenvalue weighted by Crippen LogP contribution is -2.25. The molecule has 0 aliphatic carbocycles. The first kappa shape index (κ1) is 24.6. The van der Waals surface area contributed by atoms with Gasteiger partial charge in [-0.1, -0.05) is 60.1 Å². The van der Waals surface area contributed by atoms with Crippen molar-refractivity contribution in [1.82, 2.24) is 14.8 Å². The van der Waals surface area contributed by atoms with Crippen molar-refractivity contribution < 1.29 is 13.2 Å². The predicted molar refractivity (Wildman–Crippen MR) is 128 cm³/mol. The number of halogens is 2. The summed E-state index contributed by atoms with van der Waals surface area (Å²) in [6.45, 7) is 4.24. The number of anilines is 1. The molecule has 7 nitrogen and oxygen atoms in total. The van der Waals surface area contributed by atoms with E-state index in [9.17, 15) is 13.2 Å². The van der Waals surface area contributed by atoms with Crippen molar-refractivity contribution in [3.05, 3.63) is 64.4 Å². The highest BCUT2D eigenvalue weighted by molar-refractivity contribution is 8.00. The Kier molecular flexibility index (Phi) is 8.21. The van der Waals surface area contributed by atoms with Crippen LogP contribution in [0.25, 0.3) is 0 Å². The number of nitrogens with zero attached hydrogens (tertiary/aromatic N) is 3. The van der Waals surface area contributed by atoms with Gasteiger partial charge in [0.1, 0.15) is 11.6 Å². The molecule has 0 radical (unpaired) electrons. The topological polar surface area (TPSA) is 93.9 Å². The van der Waals surface area contributed by atoms with Gasteiger partial charge < -0.3 is 9.88 Å². The second kappa shape index (κ2) is 10.7. The van der Waals surface area contributed by atoms with Crippen molar-refractivity contribution in [3.8, 4) is 0 Å². The highest BCUT2D eigenvalue weighted by Crippen LogP contribution is 2.29. The number of carbonyl (C=O) groups is 1.